The first-order valence-corrected chi connectivity index (χ1v) is 22.1. The lowest BCUT2D eigenvalue weighted by Crippen LogP contribution is -2.72. The molecular weight excluding hydrogens is 1010 g/mol. The number of ether oxygens (including phenoxy) is 15. The molecule has 3 saturated heterocycles. The van der Waals surface area contributed by atoms with Crippen LogP contribution in [0.4, 0.5) is 0 Å². The van der Waals surface area contributed by atoms with Crippen LogP contribution in [-0.2, 0) is 124 Å². The zero-order valence-corrected chi connectivity index (χ0v) is 41.8. The molecular formula is C42H58N4O28. The maximum absolute atomic E-state index is 14.4. The predicted octanol–water partition coefficient (Wildman–Crippen LogP) is -2.36. The molecule has 3 aliphatic rings. The maximum atomic E-state index is 14.4. The lowest BCUT2D eigenvalue weighted by molar-refractivity contribution is -0.395. The van der Waals surface area contributed by atoms with Crippen molar-refractivity contribution in [3.63, 3.8) is 0 Å². The molecule has 3 fully saturated rings. The summed E-state index contributed by atoms with van der Waals surface area (Å²) < 4.78 is 83.6. The Hall–Kier alpha value is -6.80. The van der Waals surface area contributed by atoms with Gasteiger partial charge in [0.25, 0.3) is 11.7 Å². The number of amides is 1. The van der Waals surface area contributed by atoms with E-state index in [1.807, 2.05) is 0 Å². The van der Waals surface area contributed by atoms with Gasteiger partial charge in [0.2, 0.25) is 12.0 Å². The van der Waals surface area contributed by atoms with Crippen molar-refractivity contribution in [3.05, 3.63) is 10.4 Å². The molecule has 0 aromatic heterocycles. The average Bonchev–Trinajstić information content (AvgIpc) is 3.27. The highest BCUT2D eigenvalue weighted by molar-refractivity contribution is 5.79. The number of hydrogen-bond donors (Lipinski definition) is 3. The quantitative estimate of drug-likeness (QED) is 0.0356. The molecule has 74 heavy (non-hydrogen) atoms. The number of azide groups is 1. The van der Waals surface area contributed by atoms with Gasteiger partial charge in [-0.3, -0.25) is 47.9 Å². The van der Waals surface area contributed by atoms with E-state index >= 15 is 0 Å². The van der Waals surface area contributed by atoms with Gasteiger partial charge in [-0.2, -0.15) is 0 Å². The number of aliphatic hydroxyl groups excluding tert-OH is 1. The van der Waals surface area contributed by atoms with Gasteiger partial charge in [0.1, 0.15) is 62.5 Å². The van der Waals surface area contributed by atoms with Gasteiger partial charge in [-0.1, -0.05) is 0 Å². The minimum atomic E-state index is -3.24. The van der Waals surface area contributed by atoms with Gasteiger partial charge >= 0.3 is 59.7 Å². The fourth-order valence-corrected chi connectivity index (χ4v) is 7.93. The van der Waals surface area contributed by atoms with Crippen LogP contribution in [0.25, 0.3) is 10.4 Å². The molecule has 32 heteroatoms. The van der Waals surface area contributed by atoms with Gasteiger partial charge in [0, 0.05) is 74.1 Å². The number of nitrogens with one attached hydrogen (secondary N) is 1. The number of carbonyl (C=O) groups is 11. The summed E-state index contributed by atoms with van der Waals surface area (Å²) in [6.07, 6.45) is -28.2. The third-order valence-electron chi connectivity index (χ3n) is 10.4. The minimum Gasteiger partial charge on any atom is -0.465 e. The Labute approximate surface area is 419 Å². The minimum absolute atomic E-state index is 0.818. The SMILES string of the molecule is COC(=O)C1(O[C@@H]2[C@H](O)[C@@H](OC(C)=O)[C@H](O[C@H]3[C@H](OC(C)=O)[C@@H](OC(C)=O)[C@@](O)(N=[N+]=[N-])O[C@@H]3COC(C)=O)O[C@@H]2COC(C)=O)C[C@H](OC(C)=O)[C@@H](NC(C)=O)[C@H]([C@H](OC(C)=O)[C@@H](COC(C)=O)OC(C)=O)O1. The Kier molecular flexibility index (Phi) is 22.4. The number of esters is 10. The van der Waals surface area contributed by atoms with E-state index in [-0.39, 0.29) is 0 Å². The maximum Gasteiger partial charge on any atom is 0.366 e. The van der Waals surface area contributed by atoms with Crippen LogP contribution in [0.1, 0.15) is 75.7 Å². The molecule has 0 radical (unpaired) electrons. The Morgan fingerprint density at radius 2 is 1.22 bits per heavy atom. The van der Waals surface area contributed by atoms with E-state index in [0.717, 1.165) is 76.3 Å². The fraction of sp³-hybridized carbons (Fsp3) is 0.738. The molecule has 3 aliphatic heterocycles. The van der Waals surface area contributed by atoms with Crippen molar-refractivity contribution in [2.45, 2.75) is 173 Å². The number of carbonyl (C=O) groups excluding carboxylic acids is 11. The van der Waals surface area contributed by atoms with Crippen molar-refractivity contribution in [1.29, 1.82) is 0 Å². The fourth-order valence-electron chi connectivity index (χ4n) is 7.93. The van der Waals surface area contributed by atoms with Crippen LogP contribution in [-0.4, -0.2) is 200 Å². The number of rotatable bonds is 21. The topological polar surface area (TPSA) is 427 Å². The zero-order chi connectivity index (χ0) is 56.0. The number of hydrogen-bond acceptors (Lipinski definition) is 29. The van der Waals surface area contributed by atoms with Crippen molar-refractivity contribution in [3.8, 4) is 0 Å². The van der Waals surface area contributed by atoms with E-state index < -0.39 is 189 Å². The Balaban J connectivity index is 2.39. The standard InChI is InChI=1S/C42H58N4O28/c1-16(47)44-30-26(64-20(5)51)12-41(40(58)60-11,74-35(30)33(66-22(7)53)28(65-21(6)52)14-62-18(3)49)73-32-27(13-61-17(2)48)70-39(36(31(32)57)67-23(8)54)71-34-29(15-63-19(4)50)72-42(59,45-46-43)38(69-25(10)56)37(34)68-24(9)55/h26-39,57,59H,12-15H2,1-11H3,(H,44,47)/t26-,27+,28+,29+,30+,31-,32-,33+,34+,35+,36+,37-,38+,39-,41?,42-/m0/s1. The average molecular weight is 1070 g/mol. The van der Waals surface area contributed by atoms with Crippen molar-refractivity contribution >= 4 is 65.6 Å². The monoisotopic (exact) mass is 1070 g/mol. The first kappa shape index (κ1) is 61.5. The molecule has 0 spiro atoms. The van der Waals surface area contributed by atoms with Gasteiger partial charge in [-0.15, -0.1) is 0 Å². The summed E-state index contributed by atoms with van der Waals surface area (Å²) in [5.74, 6) is -18.4. The molecule has 32 nitrogen and oxygen atoms in total. The third-order valence-corrected chi connectivity index (χ3v) is 10.4. The van der Waals surface area contributed by atoms with Crippen molar-refractivity contribution in [1.82, 2.24) is 5.32 Å². The van der Waals surface area contributed by atoms with Gasteiger partial charge < -0.3 is 86.6 Å². The number of methoxy groups -OCH3 is 1. The molecule has 0 aromatic rings. The summed E-state index contributed by atoms with van der Waals surface area (Å²) in [6.45, 7) is 6.38. The summed E-state index contributed by atoms with van der Waals surface area (Å²) in [4.78, 5) is 142. The van der Waals surface area contributed by atoms with Crippen LogP contribution in [0.3, 0.4) is 0 Å². The summed E-state index contributed by atoms with van der Waals surface area (Å²) in [5, 5.41) is 29.5. The van der Waals surface area contributed by atoms with E-state index in [4.69, 9.17) is 71.1 Å². The summed E-state index contributed by atoms with van der Waals surface area (Å²) in [7, 11) is 0.818. The number of aliphatic hydroxyl groups is 2. The Bertz CT molecular complexity index is 2170. The first-order chi connectivity index (χ1) is 34.5. The molecule has 414 valence electrons. The van der Waals surface area contributed by atoms with Crippen LogP contribution in [0, 0.1) is 0 Å². The van der Waals surface area contributed by atoms with Gasteiger partial charge in [-0.25, -0.2) is 4.79 Å². The highest BCUT2D eigenvalue weighted by Crippen LogP contribution is 2.42. The van der Waals surface area contributed by atoms with Crippen LogP contribution in [0.5, 0.6) is 0 Å². The summed E-state index contributed by atoms with van der Waals surface area (Å²) in [6, 6.07) is -1.69. The normalized spacial score (nSPS) is 31.1. The molecule has 1 amide bonds. The smallest absolute Gasteiger partial charge is 0.366 e. The largest absolute Gasteiger partial charge is 0.465 e. The van der Waals surface area contributed by atoms with Gasteiger partial charge in [-0.05, 0) is 10.6 Å². The van der Waals surface area contributed by atoms with Crippen LogP contribution >= 0.6 is 0 Å². The van der Waals surface area contributed by atoms with E-state index in [2.05, 4.69) is 15.3 Å². The van der Waals surface area contributed by atoms with E-state index in [1.165, 1.54) is 0 Å². The lowest BCUT2D eigenvalue weighted by atomic mass is 9.87. The second-order valence-corrected chi connectivity index (χ2v) is 16.4. The van der Waals surface area contributed by atoms with E-state index in [0.29, 0.717) is 0 Å². The molecule has 0 aliphatic carbocycles. The Morgan fingerprint density at radius 1 is 0.676 bits per heavy atom. The number of nitrogens with zero attached hydrogens (tertiary/aromatic N) is 3. The van der Waals surface area contributed by atoms with Crippen LogP contribution in [0.15, 0.2) is 5.11 Å². The molecule has 3 N–H and O–H groups in total. The lowest BCUT2D eigenvalue weighted by Gasteiger charge is -2.52. The van der Waals surface area contributed by atoms with Crippen LogP contribution < -0.4 is 5.32 Å². The van der Waals surface area contributed by atoms with Crippen molar-refractivity contribution in [2.75, 3.05) is 26.9 Å². The molecule has 0 aromatic carbocycles. The predicted molar refractivity (Wildman–Crippen MR) is 228 cm³/mol. The van der Waals surface area contributed by atoms with Gasteiger partial charge in [0.15, 0.2) is 30.7 Å². The summed E-state index contributed by atoms with van der Waals surface area (Å²) in [5.41, 5.74) is 9.36. The Morgan fingerprint density at radius 3 is 1.70 bits per heavy atom. The molecule has 0 saturated carbocycles. The van der Waals surface area contributed by atoms with E-state index in [9.17, 15) is 68.5 Å². The molecule has 16 atom stereocenters. The molecule has 3 heterocycles. The third kappa shape index (κ3) is 16.9. The highest BCUT2D eigenvalue weighted by Gasteiger charge is 2.64. The second kappa shape index (κ2) is 26.9. The van der Waals surface area contributed by atoms with Crippen molar-refractivity contribution < 1.29 is 134 Å². The van der Waals surface area contributed by atoms with Crippen molar-refractivity contribution in [2.24, 2.45) is 5.11 Å². The second-order valence-electron chi connectivity index (χ2n) is 16.4. The summed E-state index contributed by atoms with van der Waals surface area (Å²) >= 11 is 0. The molecule has 3 rings (SSSR count). The van der Waals surface area contributed by atoms with Crippen LogP contribution in [0.2, 0.25) is 0 Å². The van der Waals surface area contributed by atoms with Gasteiger partial charge in [0.05, 0.1) is 19.6 Å². The van der Waals surface area contributed by atoms with E-state index in [1.54, 1.807) is 0 Å². The zero-order valence-electron chi connectivity index (χ0n) is 41.8. The molecule has 1 unspecified atom stereocenters. The highest BCUT2D eigenvalue weighted by atomic mass is 16.8. The molecule has 0 bridgehead atoms. The first-order valence-electron chi connectivity index (χ1n) is 22.1.